The van der Waals surface area contributed by atoms with Crippen molar-refractivity contribution >= 4 is 21.8 Å². The van der Waals surface area contributed by atoms with Gasteiger partial charge in [0.15, 0.2) is 0 Å². The number of carbonyl (C=O) groups excluding carboxylic acids is 1. The van der Waals surface area contributed by atoms with E-state index in [1.54, 1.807) is 0 Å². The Morgan fingerprint density at radius 2 is 2.19 bits per heavy atom. The third kappa shape index (κ3) is 2.41. The first-order valence-electron chi connectivity index (χ1n) is 5.08. The molecule has 3 nitrogen and oxygen atoms in total. The monoisotopic (exact) mass is 286 g/mol. The van der Waals surface area contributed by atoms with E-state index in [4.69, 9.17) is 5.73 Å². The number of carbonyl (C=O) groups is 1. The molecule has 0 radical (unpaired) electrons. The van der Waals surface area contributed by atoms with Crippen molar-refractivity contribution in [3.8, 4) is 0 Å². The van der Waals surface area contributed by atoms with Gasteiger partial charge in [0.1, 0.15) is 5.82 Å². The van der Waals surface area contributed by atoms with E-state index in [1.165, 1.54) is 18.2 Å². The highest BCUT2D eigenvalue weighted by Gasteiger charge is 2.27. The number of nitrogens with one attached hydrogen (secondary N) is 1. The molecule has 16 heavy (non-hydrogen) atoms. The first-order valence-corrected chi connectivity index (χ1v) is 5.87. The summed E-state index contributed by atoms with van der Waals surface area (Å²) in [5, 5.41) is 2.85. The molecule has 0 spiro atoms. The molecule has 1 fully saturated rings. The van der Waals surface area contributed by atoms with Crippen molar-refractivity contribution in [3.05, 3.63) is 34.1 Å². The van der Waals surface area contributed by atoms with Crippen LogP contribution in [0, 0.1) is 5.82 Å². The van der Waals surface area contributed by atoms with Crippen LogP contribution in [0.5, 0.6) is 0 Å². The lowest BCUT2D eigenvalue weighted by Gasteiger charge is -2.33. The summed E-state index contributed by atoms with van der Waals surface area (Å²) in [7, 11) is 0. The Morgan fingerprint density at radius 3 is 2.75 bits per heavy atom. The second-order valence-electron chi connectivity index (χ2n) is 4.03. The van der Waals surface area contributed by atoms with Gasteiger partial charge in [-0.05, 0) is 47.0 Å². The maximum Gasteiger partial charge on any atom is 0.252 e. The lowest BCUT2D eigenvalue weighted by molar-refractivity contribution is 0.0909. The van der Waals surface area contributed by atoms with Gasteiger partial charge in [0, 0.05) is 16.6 Å². The number of amides is 1. The first kappa shape index (κ1) is 11.5. The number of halogens is 2. The van der Waals surface area contributed by atoms with E-state index in [2.05, 4.69) is 21.2 Å². The fraction of sp³-hybridized carbons (Fsp3) is 0.364. The largest absolute Gasteiger partial charge is 0.349 e. The maximum atomic E-state index is 12.8. The van der Waals surface area contributed by atoms with Crippen molar-refractivity contribution < 1.29 is 9.18 Å². The second-order valence-corrected chi connectivity index (χ2v) is 4.88. The molecule has 0 aliphatic heterocycles. The SMILES string of the molecule is NC1CC(NC(=O)c2ccc(F)cc2Br)C1. The number of hydrogen-bond acceptors (Lipinski definition) is 2. The van der Waals surface area contributed by atoms with Crippen LogP contribution in [0.15, 0.2) is 22.7 Å². The van der Waals surface area contributed by atoms with Crippen molar-refractivity contribution in [2.24, 2.45) is 5.73 Å². The molecule has 2 rings (SSSR count). The Morgan fingerprint density at radius 1 is 1.50 bits per heavy atom. The summed E-state index contributed by atoms with van der Waals surface area (Å²) in [6, 6.07) is 4.36. The van der Waals surface area contributed by atoms with Gasteiger partial charge in [-0.15, -0.1) is 0 Å². The Hall–Kier alpha value is -0.940. The zero-order valence-corrected chi connectivity index (χ0v) is 10.1. The standard InChI is InChI=1S/C11H12BrFN2O/c12-10-3-6(13)1-2-9(10)11(16)15-8-4-7(14)5-8/h1-3,7-8H,4-5,14H2,(H,15,16). The molecule has 1 aromatic carbocycles. The van der Waals surface area contributed by atoms with Gasteiger partial charge in [-0.2, -0.15) is 0 Å². The number of hydrogen-bond donors (Lipinski definition) is 2. The highest BCUT2D eigenvalue weighted by Crippen LogP contribution is 2.21. The van der Waals surface area contributed by atoms with Crippen molar-refractivity contribution in [2.75, 3.05) is 0 Å². The highest BCUT2D eigenvalue weighted by atomic mass is 79.9. The van der Waals surface area contributed by atoms with Crippen LogP contribution in [-0.2, 0) is 0 Å². The van der Waals surface area contributed by atoms with E-state index in [0.717, 1.165) is 12.8 Å². The molecule has 1 amide bonds. The average Bonchev–Trinajstić information content (AvgIpc) is 2.15. The van der Waals surface area contributed by atoms with Crippen LogP contribution in [0.4, 0.5) is 4.39 Å². The number of nitrogens with two attached hydrogens (primary N) is 1. The van der Waals surface area contributed by atoms with Crippen LogP contribution in [-0.4, -0.2) is 18.0 Å². The van der Waals surface area contributed by atoms with Crippen LogP contribution in [0.25, 0.3) is 0 Å². The first-order chi connectivity index (χ1) is 7.56. The van der Waals surface area contributed by atoms with Gasteiger partial charge in [-0.25, -0.2) is 4.39 Å². The van der Waals surface area contributed by atoms with Gasteiger partial charge in [0.2, 0.25) is 0 Å². The molecule has 1 saturated carbocycles. The normalized spacial score (nSPS) is 23.7. The number of rotatable bonds is 2. The molecule has 0 heterocycles. The van der Waals surface area contributed by atoms with Gasteiger partial charge in [-0.1, -0.05) is 0 Å². The van der Waals surface area contributed by atoms with Crippen molar-refractivity contribution in [1.82, 2.24) is 5.32 Å². The summed E-state index contributed by atoms with van der Waals surface area (Å²) in [4.78, 5) is 11.8. The van der Waals surface area contributed by atoms with Crippen LogP contribution < -0.4 is 11.1 Å². The van der Waals surface area contributed by atoms with E-state index in [-0.39, 0.29) is 23.8 Å². The molecule has 3 N–H and O–H groups in total. The topological polar surface area (TPSA) is 55.1 Å². The molecule has 0 bridgehead atoms. The summed E-state index contributed by atoms with van der Waals surface area (Å²) in [6.07, 6.45) is 1.62. The molecule has 0 saturated heterocycles. The summed E-state index contributed by atoms with van der Waals surface area (Å²) in [6.45, 7) is 0. The molecule has 0 aromatic heterocycles. The Bertz CT molecular complexity index is 418. The van der Waals surface area contributed by atoms with Crippen LogP contribution in [0.3, 0.4) is 0 Å². The van der Waals surface area contributed by atoms with Crippen molar-refractivity contribution in [2.45, 2.75) is 24.9 Å². The van der Waals surface area contributed by atoms with Gasteiger partial charge in [-0.3, -0.25) is 4.79 Å². The molecule has 1 aliphatic carbocycles. The molecule has 0 unspecified atom stereocenters. The molecule has 0 atom stereocenters. The van der Waals surface area contributed by atoms with E-state index in [9.17, 15) is 9.18 Å². The lowest BCUT2D eigenvalue weighted by atomic mass is 9.87. The van der Waals surface area contributed by atoms with E-state index in [1.807, 2.05) is 0 Å². The van der Waals surface area contributed by atoms with Gasteiger partial charge in [0.05, 0.1) is 5.56 Å². The average molecular weight is 287 g/mol. The lowest BCUT2D eigenvalue weighted by Crippen LogP contribution is -2.50. The minimum absolute atomic E-state index is 0.152. The smallest absolute Gasteiger partial charge is 0.252 e. The zero-order chi connectivity index (χ0) is 11.7. The Kier molecular flexibility index (Phi) is 3.25. The Balaban J connectivity index is 2.03. The fourth-order valence-corrected chi connectivity index (χ4v) is 2.25. The maximum absolute atomic E-state index is 12.8. The van der Waals surface area contributed by atoms with Crippen molar-refractivity contribution in [3.63, 3.8) is 0 Å². The summed E-state index contributed by atoms with van der Waals surface area (Å²) in [5.74, 6) is -0.558. The molecule has 5 heteroatoms. The van der Waals surface area contributed by atoms with E-state index in [0.29, 0.717) is 10.0 Å². The van der Waals surface area contributed by atoms with E-state index >= 15 is 0 Å². The predicted molar refractivity (Wildman–Crippen MR) is 62.6 cm³/mol. The quantitative estimate of drug-likeness (QED) is 0.871. The summed E-state index contributed by atoms with van der Waals surface area (Å²) >= 11 is 3.16. The van der Waals surface area contributed by atoms with Crippen LogP contribution >= 0.6 is 15.9 Å². The zero-order valence-electron chi connectivity index (χ0n) is 8.54. The third-order valence-corrected chi connectivity index (χ3v) is 3.34. The van der Waals surface area contributed by atoms with Crippen LogP contribution in [0.2, 0.25) is 0 Å². The predicted octanol–water partition coefficient (Wildman–Crippen LogP) is 1.81. The van der Waals surface area contributed by atoms with Gasteiger partial charge < -0.3 is 11.1 Å². The minimum atomic E-state index is -0.367. The van der Waals surface area contributed by atoms with Gasteiger partial charge >= 0.3 is 0 Å². The second kappa shape index (κ2) is 4.51. The molecular formula is C11H12BrFN2O. The molecule has 1 aromatic rings. The van der Waals surface area contributed by atoms with Gasteiger partial charge in [0.25, 0.3) is 5.91 Å². The summed E-state index contributed by atoms with van der Waals surface area (Å²) in [5.41, 5.74) is 6.07. The van der Waals surface area contributed by atoms with E-state index < -0.39 is 0 Å². The van der Waals surface area contributed by atoms with Crippen molar-refractivity contribution in [1.29, 1.82) is 0 Å². The highest BCUT2D eigenvalue weighted by molar-refractivity contribution is 9.10. The fourth-order valence-electron chi connectivity index (χ4n) is 1.72. The molecular weight excluding hydrogens is 275 g/mol. The minimum Gasteiger partial charge on any atom is -0.349 e. The molecule has 86 valence electrons. The third-order valence-electron chi connectivity index (χ3n) is 2.69. The van der Waals surface area contributed by atoms with Crippen LogP contribution in [0.1, 0.15) is 23.2 Å². The summed E-state index contributed by atoms with van der Waals surface area (Å²) < 4.78 is 13.3. The molecule has 1 aliphatic rings. The Labute approximate surface area is 101 Å². The number of benzene rings is 1.